The highest BCUT2D eigenvalue weighted by atomic mass is 16.4. The van der Waals surface area contributed by atoms with Crippen molar-refractivity contribution in [1.82, 2.24) is 19.5 Å². The van der Waals surface area contributed by atoms with Crippen molar-refractivity contribution in [1.29, 1.82) is 0 Å². The molecule has 2 heterocycles. The van der Waals surface area contributed by atoms with Crippen LogP contribution in [-0.4, -0.2) is 36.6 Å². The monoisotopic (exact) mass is 498 g/mol. The number of fused-ring (bicyclic) bond motifs is 1. The Balaban J connectivity index is 1.34. The SMILES string of the molecule is CC1CCC(Nc2nc(NCc3ccc(-c4ccc(C(=O)O)cc4)cc3)c3ncn(C(C)C)c3n2)CC1. The number of aromatic nitrogens is 4. The Hall–Kier alpha value is -3.94. The third-order valence-electron chi connectivity index (χ3n) is 7.21. The molecule has 0 radical (unpaired) electrons. The van der Waals surface area contributed by atoms with Gasteiger partial charge in [0, 0.05) is 18.6 Å². The molecule has 0 bridgehead atoms. The molecule has 0 atom stereocenters. The number of rotatable bonds is 8. The maximum atomic E-state index is 11.1. The standard InChI is InChI=1S/C29H34N6O2/c1-18(2)35-17-31-25-26(33-29(34-27(25)35)32-24-14-4-19(3)5-15-24)30-16-20-6-8-21(9-7-20)22-10-12-23(13-11-22)28(36)37/h6-13,17-19,24H,4-5,14-16H2,1-3H3,(H,36,37)(H2,30,32,33,34). The van der Waals surface area contributed by atoms with Gasteiger partial charge < -0.3 is 20.3 Å². The summed E-state index contributed by atoms with van der Waals surface area (Å²) in [6, 6.07) is 15.8. The lowest BCUT2D eigenvalue weighted by Gasteiger charge is -2.27. The van der Waals surface area contributed by atoms with Crippen LogP contribution in [0.5, 0.6) is 0 Å². The molecular weight excluding hydrogens is 464 g/mol. The molecule has 0 spiro atoms. The Bertz CT molecular complexity index is 1370. The average molecular weight is 499 g/mol. The fraction of sp³-hybridized carbons (Fsp3) is 0.379. The van der Waals surface area contributed by atoms with E-state index >= 15 is 0 Å². The van der Waals surface area contributed by atoms with Crippen LogP contribution in [0, 0.1) is 5.92 Å². The van der Waals surface area contributed by atoms with Gasteiger partial charge in [-0.2, -0.15) is 9.97 Å². The molecule has 2 aromatic carbocycles. The fourth-order valence-corrected chi connectivity index (χ4v) is 4.88. The minimum atomic E-state index is -0.920. The molecule has 1 aliphatic rings. The summed E-state index contributed by atoms with van der Waals surface area (Å²) in [7, 11) is 0. The Morgan fingerprint density at radius 2 is 1.65 bits per heavy atom. The van der Waals surface area contributed by atoms with Gasteiger partial charge >= 0.3 is 5.97 Å². The quantitative estimate of drug-likeness (QED) is 0.259. The van der Waals surface area contributed by atoms with Crippen molar-refractivity contribution in [2.75, 3.05) is 10.6 Å². The van der Waals surface area contributed by atoms with Crippen molar-refractivity contribution in [3.8, 4) is 11.1 Å². The van der Waals surface area contributed by atoms with E-state index in [0.717, 1.165) is 52.4 Å². The minimum absolute atomic E-state index is 0.244. The van der Waals surface area contributed by atoms with Gasteiger partial charge in [-0.1, -0.05) is 43.3 Å². The highest BCUT2D eigenvalue weighted by Gasteiger charge is 2.21. The van der Waals surface area contributed by atoms with E-state index < -0.39 is 5.97 Å². The van der Waals surface area contributed by atoms with Gasteiger partial charge in [0.2, 0.25) is 5.95 Å². The van der Waals surface area contributed by atoms with Gasteiger partial charge in [-0.05, 0) is 74.3 Å². The molecule has 2 aromatic heterocycles. The van der Waals surface area contributed by atoms with Crippen molar-refractivity contribution in [3.05, 3.63) is 66.0 Å². The zero-order valence-corrected chi connectivity index (χ0v) is 21.6. The summed E-state index contributed by atoms with van der Waals surface area (Å²) in [5, 5.41) is 16.2. The first-order valence-electron chi connectivity index (χ1n) is 13.0. The van der Waals surface area contributed by atoms with Crippen LogP contribution in [-0.2, 0) is 6.54 Å². The molecule has 37 heavy (non-hydrogen) atoms. The first-order valence-corrected chi connectivity index (χ1v) is 13.0. The molecule has 1 fully saturated rings. The van der Waals surface area contributed by atoms with Crippen LogP contribution in [0.15, 0.2) is 54.9 Å². The van der Waals surface area contributed by atoms with E-state index in [4.69, 9.17) is 15.1 Å². The summed E-state index contributed by atoms with van der Waals surface area (Å²) in [5.74, 6) is 1.25. The van der Waals surface area contributed by atoms with Gasteiger partial charge in [-0.25, -0.2) is 9.78 Å². The van der Waals surface area contributed by atoms with E-state index in [1.54, 1.807) is 12.1 Å². The Labute approximate surface area is 217 Å². The molecular formula is C29H34N6O2. The van der Waals surface area contributed by atoms with E-state index in [2.05, 4.69) is 53.1 Å². The number of hydrogen-bond acceptors (Lipinski definition) is 6. The normalized spacial score (nSPS) is 17.7. The molecule has 1 aliphatic carbocycles. The number of nitrogens with one attached hydrogen (secondary N) is 2. The summed E-state index contributed by atoms with van der Waals surface area (Å²) in [6.45, 7) is 7.17. The molecule has 8 nitrogen and oxygen atoms in total. The van der Waals surface area contributed by atoms with Crippen LogP contribution in [0.4, 0.5) is 11.8 Å². The van der Waals surface area contributed by atoms with Crippen LogP contribution in [0.25, 0.3) is 22.3 Å². The Kier molecular flexibility index (Phi) is 7.08. The highest BCUT2D eigenvalue weighted by molar-refractivity contribution is 5.88. The van der Waals surface area contributed by atoms with Gasteiger partial charge in [0.25, 0.3) is 0 Å². The summed E-state index contributed by atoms with van der Waals surface area (Å²) in [6.07, 6.45) is 6.58. The van der Waals surface area contributed by atoms with E-state index in [0.29, 0.717) is 18.5 Å². The molecule has 0 saturated heterocycles. The van der Waals surface area contributed by atoms with Gasteiger partial charge in [0.05, 0.1) is 11.9 Å². The van der Waals surface area contributed by atoms with Crippen LogP contribution >= 0.6 is 0 Å². The lowest BCUT2D eigenvalue weighted by atomic mass is 9.87. The molecule has 4 aromatic rings. The molecule has 192 valence electrons. The summed E-state index contributed by atoms with van der Waals surface area (Å²) in [4.78, 5) is 25.4. The smallest absolute Gasteiger partial charge is 0.335 e. The molecule has 3 N–H and O–H groups in total. The maximum absolute atomic E-state index is 11.1. The zero-order chi connectivity index (χ0) is 25.9. The Morgan fingerprint density at radius 1 is 1.00 bits per heavy atom. The first-order chi connectivity index (χ1) is 17.9. The minimum Gasteiger partial charge on any atom is -0.478 e. The summed E-state index contributed by atoms with van der Waals surface area (Å²) >= 11 is 0. The predicted octanol–water partition coefficient (Wildman–Crippen LogP) is 6.38. The summed E-state index contributed by atoms with van der Waals surface area (Å²) < 4.78 is 2.08. The van der Waals surface area contributed by atoms with E-state index in [1.165, 1.54) is 12.8 Å². The second kappa shape index (κ2) is 10.6. The number of carboxylic acids is 1. The lowest BCUT2D eigenvalue weighted by molar-refractivity contribution is 0.0697. The van der Waals surface area contributed by atoms with Crippen molar-refractivity contribution >= 4 is 28.9 Å². The number of imidazole rings is 1. The number of carboxylic acid groups (broad SMARTS) is 1. The fourth-order valence-electron chi connectivity index (χ4n) is 4.88. The molecule has 1 saturated carbocycles. The Morgan fingerprint density at radius 3 is 2.27 bits per heavy atom. The molecule has 5 rings (SSSR count). The second-order valence-electron chi connectivity index (χ2n) is 10.3. The number of anilines is 2. The molecule has 8 heteroatoms. The van der Waals surface area contributed by atoms with Crippen molar-refractivity contribution in [2.45, 2.75) is 65.1 Å². The van der Waals surface area contributed by atoms with Crippen LogP contribution in [0.3, 0.4) is 0 Å². The van der Waals surface area contributed by atoms with E-state index in [9.17, 15) is 4.79 Å². The number of carbonyl (C=O) groups is 1. The van der Waals surface area contributed by atoms with Gasteiger partial charge in [0.15, 0.2) is 17.0 Å². The molecule has 0 aliphatic heterocycles. The van der Waals surface area contributed by atoms with Crippen LogP contribution < -0.4 is 10.6 Å². The average Bonchev–Trinajstić information content (AvgIpc) is 3.33. The summed E-state index contributed by atoms with van der Waals surface area (Å²) in [5.41, 5.74) is 5.01. The lowest BCUT2D eigenvalue weighted by Crippen LogP contribution is -2.26. The number of nitrogens with zero attached hydrogens (tertiary/aromatic N) is 4. The third kappa shape index (κ3) is 5.58. The van der Waals surface area contributed by atoms with Gasteiger partial charge in [0.1, 0.15) is 0 Å². The van der Waals surface area contributed by atoms with Gasteiger partial charge in [-0.15, -0.1) is 0 Å². The van der Waals surface area contributed by atoms with Gasteiger partial charge in [-0.3, -0.25) is 0 Å². The number of hydrogen-bond donors (Lipinski definition) is 3. The number of benzene rings is 2. The second-order valence-corrected chi connectivity index (χ2v) is 10.3. The van der Waals surface area contributed by atoms with Crippen molar-refractivity contribution in [3.63, 3.8) is 0 Å². The van der Waals surface area contributed by atoms with E-state index in [1.807, 2.05) is 30.6 Å². The van der Waals surface area contributed by atoms with Crippen molar-refractivity contribution < 1.29 is 9.90 Å². The molecule has 0 unspecified atom stereocenters. The number of aromatic carboxylic acids is 1. The predicted molar refractivity (Wildman–Crippen MR) is 147 cm³/mol. The highest BCUT2D eigenvalue weighted by Crippen LogP contribution is 2.28. The van der Waals surface area contributed by atoms with Crippen LogP contribution in [0.1, 0.15) is 68.4 Å². The topological polar surface area (TPSA) is 105 Å². The molecule has 0 amide bonds. The largest absolute Gasteiger partial charge is 0.478 e. The third-order valence-corrected chi connectivity index (χ3v) is 7.21. The zero-order valence-electron chi connectivity index (χ0n) is 21.6. The van der Waals surface area contributed by atoms with Crippen molar-refractivity contribution in [2.24, 2.45) is 5.92 Å². The van der Waals surface area contributed by atoms with E-state index in [-0.39, 0.29) is 11.6 Å². The maximum Gasteiger partial charge on any atom is 0.335 e. The first kappa shape index (κ1) is 24.7. The van der Waals surface area contributed by atoms with Crippen LogP contribution in [0.2, 0.25) is 0 Å².